The van der Waals surface area contributed by atoms with Gasteiger partial charge in [0.05, 0.1) is 6.61 Å². The number of benzene rings is 1. The largest absolute Gasteiger partial charge is 0.491 e. The van der Waals surface area contributed by atoms with Gasteiger partial charge in [-0.15, -0.1) is 0 Å². The van der Waals surface area contributed by atoms with Crippen LogP contribution in [0.5, 0.6) is 5.75 Å². The maximum absolute atomic E-state index is 12.7. The van der Waals surface area contributed by atoms with Crippen molar-refractivity contribution < 1.29 is 19.3 Å². The van der Waals surface area contributed by atoms with Crippen molar-refractivity contribution in [2.45, 2.75) is 38.3 Å². The van der Waals surface area contributed by atoms with Gasteiger partial charge >= 0.3 is 0 Å². The number of aliphatic hydroxyl groups excluding tert-OH is 2. The molecule has 0 fully saturated rings. The topological polar surface area (TPSA) is 61.7 Å². The Morgan fingerprint density at radius 1 is 1.25 bits per heavy atom. The van der Waals surface area contributed by atoms with Crippen LogP contribution in [0.2, 0.25) is 0 Å². The van der Waals surface area contributed by atoms with E-state index in [9.17, 15) is 14.6 Å². The van der Waals surface area contributed by atoms with E-state index < -0.39 is 6.10 Å². The average Bonchev–Trinajstić information content (AvgIpc) is 2.48. The van der Waals surface area contributed by atoms with E-state index in [1.165, 1.54) is 24.3 Å². The van der Waals surface area contributed by atoms with Crippen molar-refractivity contribution in [3.05, 3.63) is 30.1 Å². The molecule has 0 aliphatic rings. The molecule has 3 N–H and O–H groups in total. The van der Waals surface area contributed by atoms with E-state index in [4.69, 9.17) is 4.74 Å². The Kier molecular flexibility index (Phi) is 6.91. The molecule has 0 heterocycles. The van der Waals surface area contributed by atoms with Gasteiger partial charge in [0.1, 0.15) is 24.3 Å². The predicted molar refractivity (Wildman–Crippen MR) is 76.3 cm³/mol. The second-order valence-electron chi connectivity index (χ2n) is 4.95. The highest BCUT2D eigenvalue weighted by atomic mass is 19.1. The highest BCUT2D eigenvalue weighted by Crippen LogP contribution is 2.14. The number of rotatable bonds is 9. The Balaban J connectivity index is 2.36. The van der Waals surface area contributed by atoms with Gasteiger partial charge in [-0.3, -0.25) is 0 Å². The Morgan fingerprint density at radius 3 is 2.35 bits per heavy atom. The molecule has 0 saturated heterocycles. The summed E-state index contributed by atoms with van der Waals surface area (Å²) in [5, 5.41) is 22.5. The van der Waals surface area contributed by atoms with Crippen molar-refractivity contribution >= 4 is 0 Å². The molecule has 0 spiro atoms. The van der Waals surface area contributed by atoms with Crippen LogP contribution in [0.25, 0.3) is 0 Å². The van der Waals surface area contributed by atoms with Crippen molar-refractivity contribution in [2.75, 3.05) is 19.8 Å². The second kappa shape index (κ2) is 8.19. The van der Waals surface area contributed by atoms with Crippen LogP contribution >= 0.6 is 0 Å². The molecule has 20 heavy (non-hydrogen) atoms. The monoisotopic (exact) mass is 285 g/mol. The molecule has 0 amide bonds. The van der Waals surface area contributed by atoms with E-state index in [2.05, 4.69) is 5.32 Å². The molecule has 5 heteroatoms. The van der Waals surface area contributed by atoms with Gasteiger partial charge in [-0.1, -0.05) is 13.8 Å². The van der Waals surface area contributed by atoms with Crippen LogP contribution in [0.3, 0.4) is 0 Å². The Bertz CT molecular complexity index is 371. The maximum Gasteiger partial charge on any atom is 0.123 e. The SMILES string of the molecule is CCC(CC)(CO)NCC(O)COc1ccc(F)cc1. The fraction of sp³-hybridized carbons (Fsp3) is 0.600. The third-order valence-corrected chi connectivity index (χ3v) is 3.62. The van der Waals surface area contributed by atoms with Gasteiger partial charge in [-0.25, -0.2) is 4.39 Å². The predicted octanol–water partition coefficient (Wildman–Crippen LogP) is 1.71. The van der Waals surface area contributed by atoms with Crippen LogP contribution in [-0.2, 0) is 0 Å². The van der Waals surface area contributed by atoms with Gasteiger partial charge in [0, 0.05) is 12.1 Å². The van der Waals surface area contributed by atoms with Gasteiger partial charge in [-0.2, -0.15) is 0 Å². The van der Waals surface area contributed by atoms with E-state index >= 15 is 0 Å². The average molecular weight is 285 g/mol. The lowest BCUT2D eigenvalue weighted by molar-refractivity contribution is 0.0812. The number of halogens is 1. The van der Waals surface area contributed by atoms with Crippen molar-refractivity contribution in [1.29, 1.82) is 0 Å². The molecule has 0 aromatic heterocycles. The van der Waals surface area contributed by atoms with Crippen LogP contribution in [0, 0.1) is 5.82 Å². The second-order valence-corrected chi connectivity index (χ2v) is 4.95. The molecule has 0 radical (unpaired) electrons. The number of ether oxygens (including phenoxy) is 1. The minimum absolute atomic E-state index is 0.0333. The van der Waals surface area contributed by atoms with Crippen LogP contribution in [0.1, 0.15) is 26.7 Å². The summed E-state index contributed by atoms with van der Waals surface area (Å²) in [5.74, 6) is 0.197. The zero-order chi connectivity index (χ0) is 15.0. The third kappa shape index (κ3) is 5.07. The summed E-state index contributed by atoms with van der Waals surface area (Å²) in [5.41, 5.74) is -0.350. The van der Waals surface area contributed by atoms with Crippen molar-refractivity contribution in [2.24, 2.45) is 0 Å². The fourth-order valence-electron chi connectivity index (χ4n) is 1.90. The van der Waals surface area contributed by atoms with Gasteiger partial charge in [-0.05, 0) is 37.1 Å². The van der Waals surface area contributed by atoms with Crippen molar-refractivity contribution in [3.8, 4) is 5.75 Å². The summed E-state index contributed by atoms with van der Waals surface area (Å²) in [6.07, 6.45) is 0.876. The number of aliphatic hydroxyl groups is 2. The van der Waals surface area contributed by atoms with Crippen LogP contribution in [-0.4, -0.2) is 41.6 Å². The zero-order valence-corrected chi connectivity index (χ0v) is 12.1. The maximum atomic E-state index is 12.7. The summed E-state index contributed by atoms with van der Waals surface area (Å²) in [7, 11) is 0. The number of nitrogens with one attached hydrogen (secondary N) is 1. The first-order valence-electron chi connectivity index (χ1n) is 6.97. The summed E-state index contributed by atoms with van der Waals surface area (Å²) in [6, 6.07) is 5.66. The number of hydrogen-bond donors (Lipinski definition) is 3. The van der Waals surface area contributed by atoms with E-state index in [0.717, 1.165) is 12.8 Å². The molecular formula is C15H24FNO3. The van der Waals surface area contributed by atoms with E-state index in [1.54, 1.807) is 0 Å². The molecule has 1 rings (SSSR count). The number of β-amino-alcohol motifs (C(OH)–C–C–N with tert-alkyl or cyclic N) is 1. The van der Waals surface area contributed by atoms with Gasteiger partial charge < -0.3 is 20.3 Å². The van der Waals surface area contributed by atoms with Gasteiger partial charge in [0.15, 0.2) is 0 Å². The Labute approximate surface area is 119 Å². The molecule has 1 aromatic rings. The van der Waals surface area contributed by atoms with Gasteiger partial charge in [0.2, 0.25) is 0 Å². The fourth-order valence-corrected chi connectivity index (χ4v) is 1.90. The Morgan fingerprint density at radius 2 is 1.85 bits per heavy atom. The number of hydrogen-bond acceptors (Lipinski definition) is 4. The molecule has 0 saturated carbocycles. The summed E-state index contributed by atoms with van der Waals surface area (Å²) < 4.78 is 18.1. The first-order valence-corrected chi connectivity index (χ1v) is 6.97. The molecular weight excluding hydrogens is 261 g/mol. The first kappa shape index (κ1) is 16.9. The lowest BCUT2D eigenvalue weighted by atomic mass is 9.94. The molecule has 0 aliphatic carbocycles. The first-order chi connectivity index (χ1) is 9.55. The lowest BCUT2D eigenvalue weighted by Gasteiger charge is -2.31. The zero-order valence-electron chi connectivity index (χ0n) is 12.1. The Hall–Kier alpha value is -1.17. The normalized spacial score (nSPS) is 13.2. The summed E-state index contributed by atoms with van der Waals surface area (Å²) in [6.45, 7) is 4.48. The molecule has 1 atom stereocenters. The minimum atomic E-state index is -0.691. The molecule has 1 unspecified atom stereocenters. The third-order valence-electron chi connectivity index (χ3n) is 3.62. The van der Waals surface area contributed by atoms with Gasteiger partial charge in [0.25, 0.3) is 0 Å². The van der Waals surface area contributed by atoms with Crippen LogP contribution in [0.15, 0.2) is 24.3 Å². The highest BCUT2D eigenvalue weighted by molar-refractivity contribution is 5.22. The highest BCUT2D eigenvalue weighted by Gasteiger charge is 2.25. The standard InChI is InChI=1S/C15H24FNO3/c1-3-15(4-2,11-18)17-9-13(19)10-20-14-7-5-12(16)6-8-14/h5-8,13,17-19H,3-4,9-11H2,1-2H3. The van der Waals surface area contributed by atoms with Crippen LogP contribution in [0.4, 0.5) is 4.39 Å². The minimum Gasteiger partial charge on any atom is -0.491 e. The molecule has 0 aliphatic heterocycles. The van der Waals surface area contributed by atoms with Crippen molar-refractivity contribution in [1.82, 2.24) is 5.32 Å². The molecule has 4 nitrogen and oxygen atoms in total. The summed E-state index contributed by atoms with van der Waals surface area (Å²) >= 11 is 0. The van der Waals surface area contributed by atoms with E-state index in [-0.39, 0.29) is 24.6 Å². The summed E-state index contributed by atoms with van der Waals surface area (Å²) in [4.78, 5) is 0. The molecule has 1 aromatic carbocycles. The van der Waals surface area contributed by atoms with Crippen molar-refractivity contribution in [3.63, 3.8) is 0 Å². The van der Waals surface area contributed by atoms with E-state index in [1.807, 2.05) is 13.8 Å². The molecule has 0 bridgehead atoms. The van der Waals surface area contributed by atoms with E-state index in [0.29, 0.717) is 12.3 Å². The lowest BCUT2D eigenvalue weighted by Crippen LogP contribution is -2.50. The quantitative estimate of drug-likeness (QED) is 0.646. The van der Waals surface area contributed by atoms with Crippen LogP contribution < -0.4 is 10.1 Å². The molecule has 114 valence electrons. The smallest absolute Gasteiger partial charge is 0.123 e.